The summed E-state index contributed by atoms with van der Waals surface area (Å²) in [7, 11) is -3.57. The fourth-order valence-electron chi connectivity index (χ4n) is 1.79. The van der Waals surface area contributed by atoms with Crippen LogP contribution in [-0.4, -0.2) is 13.4 Å². The van der Waals surface area contributed by atoms with Gasteiger partial charge in [0.15, 0.2) is 0 Å². The minimum absolute atomic E-state index is 0.232. The molecule has 4 nitrogen and oxygen atoms in total. The van der Waals surface area contributed by atoms with Crippen molar-refractivity contribution >= 4 is 54.5 Å². The van der Waals surface area contributed by atoms with Crippen molar-refractivity contribution in [2.75, 3.05) is 0 Å². The SMILES string of the molecule is Cc1cc(C(N)=S)ccc1S(=O)(=O)NCc1sccc1Br. The molecule has 0 radical (unpaired) electrons. The lowest BCUT2D eigenvalue weighted by atomic mass is 10.1. The zero-order chi connectivity index (χ0) is 15.6. The van der Waals surface area contributed by atoms with Crippen LogP contribution in [0.4, 0.5) is 0 Å². The molecule has 0 aliphatic carbocycles. The van der Waals surface area contributed by atoms with Crippen molar-refractivity contribution in [1.29, 1.82) is 0 Å². The molecule has 0 atom stereocenters. The molecular weight excluding hydrogens is 392 g/mol. The van der Waals surface area contributed by atoms with Crippen LogP contribution in [0, 0.1) is 6.92 Å². The number of thiophene rings is 1. The first kappa shape index (κ1) is 16.6. The van der Waals surface area contributed by atoms with Gasteiger partial charge in [0.2, 0.25) is 10.0 Å². The maximum absolute atomic E-state index is 12.4. The Hall–Kier alpha value is -0.800. The van der Waals surface area contributed by atoms with Crippen LogP contribution in [0.15, 0.2) is 39.0 Å². The fourth-order valence-corrected chi connectivity index (χ4v) is 4.66. The summed E-state index contributed by atoms with van der Waals surface area (Å²) in [6.45, 7) is 1.97. The van der Waals surface area contributed by atoms with Crippen molar-refractivity contribution in [3.05, 3.63) is 50.1 Å². The third-order valence-corrected chi connectivity index (χ3v) is 6.59. The molecule has 1 aromatic heterocycles. The largest absolute Gasteiger partial charge is 0.389 e. The van der Waals surface area contributed by atoms with E-state index in [1.54, 1.807) is 19.1 Å². The third kappa shape index (κ3) is 3.89. The maximum atomic E-state index is 12.4. The fraction of sp³-hybridized carbons (Fsp3) is 0.154. The Morgan fingerprint density at radius 3 is 2.67 bits per heavy atom. The van der Waals surface area contributed by atoms with Gasteiger partial charge in [-0.05, 0) is 52.0 Å². The summed E-state index contributed by atoms with van der Waals surface area (Å²) in [5.74, 6) is 0. The number of nitrogens with one attached hydrogen (secondary N) is 1. The predicted octanol–water partition coefficient (Wildman–Crippen LogP) is 2.93. The molecule has 3 N–H and O–H groups in total. The average molecular weight is 405 g/mol. The van der Waals surface area contributed by atoms with Crippen LogP contribution < -0.4 is 10.5 Å². The Morgan fingerprint density at radius 1 is 1.43 bits per heavy atom. The minimum Gasteiger partial charge on any atom is -0.389 e. The molecule has 112 valence electrons. The molecule has 21 heavy (non-hydrogen) atoms. The van der Waals surface area contributed by atoms with Crippen LogP contribution in [0.1, 0.15) is 16.0 Å². The van der Waals surface area contributed by atoms with Gasteiger partial charge < -0.3 is 5.73 Å². The first-order valence-corrected chi connectivity index (χ1v) is 9.49. The standard InChI is InChI=1S/C13H13BrN2O2S3/c1-8-6-9(13(15)19)2-3-12(8)21(17,18)16-7-11-10(14)4-5-20-11/h2-6,16H,7H2,1H3,(H2,15,19). The quantitative estimate of drug-likeness (QED) is 0.751. The minimum atomic E-state index is -3.57. The van der Waals surface area contributed by atoms with E-state index in [2.05, 4.69) is 20.7 Å². The molecule has 0 bridgehead atoms. The van der Waals surface area contributed by atoms with E-state index >= 15 is 0 Å². The molecule has 0 spiro atoms. The van der Waals surface area contributed by atoms with Gasteiger partial charge >= 0.3 is 0 Å². The van der Waals surface area contributed by atoms with Crippen LogP contribution >= 0.6 is 39.5 Å². The summed E-state index contributed by atoms with van der Waals surface area (Å²) in [5.41, 5.74) is 6.81. The first-order valence-electron chi connectivity index (χ1n) is 5.93. The van der Waals surface area contributed by atoms with Crippen LogP contribution in [0.3, 0.4) is 0 Å². The molecule has 0 aliphatic rings. The molecule has 1 heterocycles. The lowest BCUT2D eigenvalue weighted by Gasteiger charge is -2.10. The number of nitrogens with two attached hydrogens (primary N) is 1. The Balaban J connectivity index is 2.23. The summed E-state index contributed by atoms with van der Waals surface area (Å²) in [4.78, 5) is 1.41. The highest BCUT2D eigenvalue weighted by Gasteiger charge is 2.17. The lowest BCUT2D eigenvalue weighted by molar-refractivity contribution is 0.581. The number of aryl methyl sites for hydroxylation is 1. The highest BCUT2D eigenvalue weighted by Crippen LogP contribution is 2.23. The Morgan fingerprint density at radius 2 is 2.14 bits per heavy atom. The van der Waals surface area contributed by atoms with E-state index < -0.39 is 10.0 Å². The monoisotopic (exact) mass is 404 g/mol. The van der Waals surface area contributed by atoms with E-state index in [0.717, 1.165) is 9.35 Å². The number of hydrogen-bond acceptors (Lipinski definition) is 4. The van der Waals surface area contributed by atoms with Gasteiger partial charge in [0.05, 0.1) is 4.90 Å². The maximum Gasteiger partial charge on any atom is 0.241 e. The van der Waals surface area contributed by atoms with Gasteiger partial charge in [0.25, 0.3) is 0 Å². The Bertz CT molecular complexity index is 784. The summed E-state index contributed by atoms with van der Waals surface area (Å²) in [6, 6.07) is 6.70. The van der Waals surface area contributed by atoms with Crippen LogP contribution in [0.25, 0.3) is 0 Å². The number of rotatable bonds is 5. The Labute approximate surface area is 141 Å². The molecule has 0 amide bonds. The van der Waals surface area contributed by atoms with E-state index in [1.165, 1.54) is 17.4 Å². The van der Waals surface area contributed by atoms with Gasteiger partial charge in [0, 0.05) is 21.5 Å². The summed E-state index contributed by atoms with van der Waals surface area (Å²) < 4.78 is 28.2. The number of benzene rings is 1. The van der Waals surface area contributed by atoms with Crippen molar-refractivity contribution in [3.63, 3.8) is 0 Å². The summed E-state index contributed by atoms with van der Waals surface area (Å²) in [5, 5.41) is 1.90. The normalized spacial score (nSPS) is 11.5. The molecule has 1 aromatic carbocycles. The van der Waals surface area contributed by atoms with Crippen LogP contribution in [0.2, 0.25) is 0 Å². The highest BCUT2D eigenvalue weighted by molar-refractivity contribution is 9.10. The second-order valence-electron chi connectivity index (χ2n) is 4.36. The number of thiocarbonyl (C=S) groups is 1. The Kier molecular flexibility index (Phi) is 5.15. The van der Waals surface area contributed by atoms with E-state index in [4.69, 9.17) is 18.0 Å². The van der Waals surface area contributed by atoms with Crippen molar-refractivity contribution < 1.29 is 8.42 Å². The second kappa shape index (κ2) is 6.53. The average Bonchev–Trinajstić information content (AvgIpc) is 2.81. The summed E-state index contributed by atoms with van der Waals surface area (Å²) >= 11 is 9.75. The highest BCUT2D eigenvalue weighted by atomic mass is 79.9. The zero-order valence-electron chi connectivity index (χ0n) is 11.1. The molecule has 2 aromatic rings. The van der Waals surface area contributed by atoms with E-state index in [1.807, 2.05) is 11.4 Å². The van der Waals surface area contributed by atoms with Gasteiger partial charge in [0.1, 0.15) is 4.99 Å². The van der Waals surface area contributed by atoms with Crippen LogP contribution in [0.5, 0.6) is 0 Å². The molecule has 0 fully saturated rings. The van der Waals surface area contributed by atoms with Crippen LogP contribution in [-0.2, 0) is 16.6 Å². The molecular formula is C13H13BrN2O2S3. The molecule has 0 saturated carbocycles. The second-order valence-corrected chi connectivity index (χ2v) is 8.39. The van der Waals surface area contributed by atoms with E-state index in [-0.39, 0.29) is 16.4 Å². The van der Waals surface area contributed by atoms with Gasteiger partial charge in [-0.1, -0.05) is 18.3 Å². The molecule has 8 heteroatoms. The topological polar surface area (TPSA) is 72.2 Å². The number of halogens is 1. The third-order valence-electron chi connectivity index (χ3n) is 2.86. The van der Waals surface area contributed by atoms with E-state index in [9.17, 15) is 8.42 Å². The van der Waals surface area contributed by atoms with Crippen molar-refractivity contribution in [1.82, 2.24) is 4.72 Å². The van der Waals surface area contributed by atoms with Gasteiger partial charge in [-0.15, -0.1) is 11.3 Å². The van der Waals surface area contributed by atoms with E-state index in [0.29, 0.717) is 11.1 Å². The summed E-state index contributed by atoms with van der Waals surface area (Å²) in [6.07, 6.45) is 0. The van der Waals surface area contributed by atoms with Crippen molar-refractivity contribution in [3.8, 4) is 0 Å². The number of sulfonamides is 1. The lowest BCUT2D eigenvalue weighted by Crippen LogP contribution is -2.24. The predicted molar refractivity (Wildman–Crippen MR) is 93.1 cm³/mol. The number of hydrogen-bond donors (Lipinski definition) is 2. The zero-order valence-corrected chi connectivity index (χ0v) is 15.1. The smallest absolute Gasteiger partial charge is 0.241 e. The van der Waals surface area contributed by atoms with Crippen molar-refractivity contribution in [2.45, 2.75) is 18.4 Å². The first-order chi connectivity index (χ1) is 9.81. The molecule has 0 unspecified atom stereocenters. The van der Waals surface area contributed by atoms with Crippen molar-refractivity contribution in [2.24, 2.45) is 5.73 Å². The van der Waals surface area contributed by atoms with Gasteiger partial charge in [-0.25, -0.2) is 13.1 Å². The van der Waals surface area contributed by atoms with Gasteiger partial charge in [-0.3, -0.25) is 0 Å². The molecule has 0 aliphatic heterocycles. The van der Waals surface area contributed by atoms with Gasteiger partial charge in [-0.2, -0.15) is 0 Å². The molecule has 2 rings (SSSR count). The molecule has 0 saturated heterocycles.